The third-order valence-corrected chi connectivity index (χ3v) is 7.47. The molecule has 2 aliphatic rings. The third kappa shape index (κ3) is 9.44. The highest BCUT2D eigenvalue weighted by atomic mass is 16.7. The number of aliphatic hydroxyl groups is 5. The van der Waals surface area contributed by atoms with Crippen molar-refractivity contribution in [2.45, 2.75) is 92.5 Å². The molecule has 1 saturated carbocycles. The Balaban J connectivity index is 2.22. The first-order chi connectivity index (χ1) is 19.9. The van der Waals surface area contributed by atoms with Gasteiger partial charge in [-0.15, -0.1) is 0 Å². The third-order valence-electron chi connectivity index (χ3n) is 7.47. The van der Waals surface area contributed by atoms with Gasteiger partial charge in [0.15, 0.2) is 6.29 Å². The van der Waals surface area contributed by atoms with E-state index in [-0.39, 0.29) is 65.1 Å². The zero-order valence-corrected chi connectivity index (χ0v) is 23.7. The largest absolute Gasteiger partial charge is 0.388 e. The molecule has 2 rings (SSSR count). The van der Waals surface area contributed by atoms with Crippen LogP contribution in [0.4, 0.5) is 0 Å². The molecule has 1 saturated heterocycles. The molecular formula is C24H50N8O10. The summed E-state index contributed by atoms with van der Waals surface area (Å²) in [6.45, 7) is 0.0742. The molecule has 1 heterocycles. The monoisotopic (exact) mass is 610 g/mol. The van der Waals surface area contributed by atoms with Crippen molar-refractivity contribution in [3.63, 3.8) is 0 Å². The lowest BCUT2D eigenvalue weighted by Crippen LogP contribution is -2.68. The molecule has 18 nitrogen and oxygen atoms in total. The molecule has 0 aromatic carbocycles. The summed E-state index contributed by atoms with van der Waals surface area (Å²) in [4.78, 5) is 26.5. The summed E-state index contributed by atoms with van der Waals surface area (Å²) in [7, 11) is 0. The minimum atomic E-state index is -1.50. The second-order valence-electron chi connectivity index (χ2n) is 10.6. The van der Waals surface area contributed by atoms with Crippen molar-refractivity contribution in [2.75, 3.05) is 45.9 Å². The standard InChI is InChI=1S/C24H50N8O10/c25-3-1-13(33)22(38)31-12-9-11(29)20(42-24-16(30)18(36)17(35)15(10-28)41-24)19(37)21(12)40-8-7-32(6-5-27)23(39)14(34)2-4-26/h11-21,24,33-37H,1-10,25-30H2,(H,31,38)/t11-,12+,13-,14-,15+,16+,17+,18+,19-,20+,21-,24+/m0/s1. The van der Waals surface area contributed by atoms with Gasteiger partial charge in [-0.05, 0) is 32.4 Å². The Morgan fingerprint density at radius 3 is 2.14 bits per heavy atom. The van der Waals surface area contributed by atoms with Gasteiger partial charge >= 0.3 is 0 Å². The van der Waals surface area contributed by atoms with E-state index in [1.165, 1.54) is 4.90 Å². The lowest BCUT2D eigenvalue weighted by atomic mass is 9.83. The van der Waals surface area contributed by atoms with Gasteiger partial charge in [0.25, 0.3) is 5.91 Å². The van der Waals surface area contributed by atoms with Crippen LogP contribution in [-0.2, 0) is 23.8 Å². The summed E-state index contributed by atoms with van der Waals surface area (Å²) >= 11 is 0. The highest BCUT2D eigenvalue weighted by molar-refractivity contribution is 5.81. The second kappa shape index (κ2) is 17.6. The van der Waals surface area contributed by atoms with Crippen LogP contribution in [0.25, 0.3) is 0 Å². The molecule has 18 N–H and O–H groups in total. The number of hydrogen-bond acceptors (Lipinski definition) is 16. The normalized spacial score (nSPS) is 34.9. The predicted octanol–water partition coefficient (Wildman–Crippen LogP) is -7.73. The summed E-state index contributed by atoms with van der Waals surface area (Å²) in [6, 6.07) is -3.02. The van der Waals surface area contributed by atoms with Crippen LogP contribution in [0.3, 0.4) is 0 Å². The second-order valence-corrected chi connectivity index (χ2v) is 10.6. The van der Waals surface area contributed by atoms with E-state index in [9.17, 15) is 35.1 Å². The number of nitrogens with two attached hydrogens (primary N) is 6. The number of nitrogens with one attached hydrogen (secondary N) is 1. The molecule has 18 heteroatoms. The number of carbonyl (C=O) groups excluding carboxylic acids is 2. The highest BCUT2D eigenvalue weighted by Gasteiger charge is 2.49. The van der Waals surface area contributed by atoms with E-state index >= 15 is 0 Å². The van der Waals surface area contributed by atoms with Crippen LogP contribution in [-0.4, -0.2) is 161 Å². The fourth-order valence-corrected chi connectivity index (χ4v) is 5.05. The first kappa shape index (κ1) is 36.6. The molecule has 0 aromatic heterocycles. The molecule has 0 bridgehead atoms. The van der Waals surface area contributed by atoms with Crippen LogP contribution in [0, 0.1) is 0 Å². The van der Waals surface area contributed by atoms with Crippen LogP contribution < -0.4 is 39.7 Å². The zero-order chi connectivity index (χ0) is 31.6. The smallest absolute Gasteiger partial charge is 0.251 e. The lowest BCUT2D eigenvalue weighted by molar-refractivity contribution is -0.289. The molecule has 0 unspecified atom stereocenters. The number of aliphatic hydroxyl groups excluding tert-OH is 5. The Bertz CT molecular complexity index is 832. The average Bonchev–Trinajstić information content (AvgIpc) is 2.95. The molecular weight excluding hydrogens is 560 g/mol. The minimum Gasteiger partial charge on any atom is -0.388 e. The van der Waals surface area contributed by atoms with Crippen molar-refractivity contribution >= 4 is 11.8 Å². The Hall–Kier alpha value is -1.62. The lowest BCUT2D eigenvalue weighted by Gasteiger charge is -2.47. The summed E-state index contributed by atoms with van der Waals surface area (Å²) in [5.74, 6) is -1.33. The molecule has 2 amide bonds. The minimum absolute atomic E-state index is 0.000891. The number of rotatable bonds is 16. The van der Waals surface area contributed by atoms with Crippen molar-refractivity contribution in [1.82, 2.24) is 10.2 Å². The van der Waals surface area contributed by atoms with Crippen LogP contribution in [0.2, 0.25) is 0 Å². The van der Waals surface area contributed by atoms with E-state index in [4.69, 9.17) is 48.6 Å². The van der Waals surface area contributed by atoms with Crippen molar-refractivity contribution < 1.29 is 49.3 Å². The summed E-state index contributed by atoms with van der Waals surface area (Å²) in [6.07, 6.45) is -11.6. The SMILES string of the molecule is NCC[C@H](O)C(=O)N[C@@H]1C[C@H](N)[C@@H](O[C@H]2O[C@H](CN)[C@@H](O)[C@H](O)[C@H]2N)[C@H](O)[C@H]1OCCN(CCN)C(=O)[C@@H](O)CCN. The van der Waals surface area contributed by atoms with Crippen molar-refractivity contribution in [1.29, 1.82) is 0 Å². The highest BCUT2D eigenvalue weighted by Crippen LogP contribution is 2.29. The summed E-state index contributed by atoms with van der Waals surface area (Å²) in [5, 5.41) is 54.7. The van der Waals surface area contributed by atoms with Crippen molar-refractivity contribution in [2.24, 2.45) is 34.4 Å². The molecule has 42 heavy (non-hydrogen) atoms. The fraction of sp³-hybridized carbons (Fsp3) is 0.917. The maximum absolute atomic E-state index is 12.6. The van der Waals surface area contributed by atoms with Gasteiger partial charge in [0.05, 0.1) is 18.7 Å². The number of nitrogens with zero attached hydrogens (tertiary/aromatic N) is 1. The predicted molar refractivity (Wildman–Crippen MR) is 148 cm³/mol. The van der Waals surface area contributed by atoms with Crippen LogP contribution in [0.5, 0.6) is 0 Å². The topological polar surface area (TPSA) is 334 Å². The van der Waals surface area contributed by atoms with Gasteiger partial charge in [0, 0.05) is 32.2 Å². The van der Waals surface area contributed by atoms with Crippen molar-refractivity contribution in [3.05, 3.63) is 0 Å². The summed E-state index contributed by atoms with van der Waals surface area (Å²) < 4.78 is 17.5. The number of carbonyl (C=O) groups is 2. The summed E-state index contributed by atoms with van der Waals surface area (Å²) in [5.41, 5.74) is 34.5. The maximum atomic E-state index is 12.6. The van der Waals surface area contributed by atoms with Gasteiger partial charge < -0.3 is 84.4 Å². The molecule has 246 valence electrons. The number of amides is 2. The zero-order valence-electron chi connectivity index (χ0n) is 23.7. The van der Waals surface area contributed by atoms with E-state index in [0.29, 0.717) is 0 Å². The molecule has 0 radical (unpaired) electrons. The number of ether oxygens (including phenoxy) is 3. The molecule has 0 spiro atoms. The van der Waals surface area contributed by atoms with E-state index in [2.05, 4.69) is 5.32 Å². The first-order valence-electron chi connectivity index (χ1n) is 14.1. The maximum Gasteiger partial charge on any atom is 0.251 e. The Morgan fingerprint density at radius 1 is 0.905 bits per heavy atom. The Labute approximate surface area is 244 Å². The molecule has 1 aliphatic heterocycles. The van der Waals surface area contributed by atoms with Crippen LogP contribution in [0.15, 0.2) is 0 Å². The van der Waals surface area contributed by atoms with E-state index in [0.717, 1.165) is 0 Å². The van der Waals surface area contributed by atoms with Crippen LogP contribution in [0.1, 0.15) is 19.3 Å². The van der Waals surface area contributed by atoms with Crippen molar-refractivity contribution in [3.8, 4) is 0 Å². The molecule has 0 aromatic rings. The average molecular weight is 611 g/mol. The van der Waals surface area contributed by atoms with Gasteiger partial charge in [-0.1, -0.05) is 0 Å². The van der Waals surface area contributed by atoms with Gasteiger partial charge in [0.1, 0.15) is 48.8 Å². The van der Waals surface area contributed by atoms with Gasteiger partial charge in [0.2, 0.25) is 5.91 Å². The fourth-order valence-electron chi connectivity index (χ4n) is 5.05. The molecule has 12 atom stereocenters. The Kier molecular flexibility index (Phi) is 15.3. The molecule has 2 fully saturated rings. The van der Waals surface area contributed by atoms with E-state index in [1.54, 1.807) is 0 Å². The quantitative estimate of drug-likeness (QED) is 0.0771. The van der Waals surface area contributed by atoms with Gasteiger partial charge in [-0.2, -0.15) is 0 Å². The van der Waals surface area contributed by atoms with Crippen LogP contribution >= 0.6 is 0 Å². The number of hydrogen-bond donors (Lipinski definition) is 12. The first-order valence-corrected chi connectivity index (χ1v) is 14.1. The van der Waals surface area contributed by atoms with E-state index < -0.39 is 85.1 Å². The van der Waals surface area contributed by atoms with E-state index in [1.807, 2.05) is 0 Å². The van der Waals surface area contributed by atoms with Gasteiger partial charge in [-0.3, -0.25) is 9.59 Å². The Morgan fingerprint density at radius 2 is 1.55 bits per heavy atom. The van der Waals surface area contributed by atoms with Gasteiger partial charge in [-0.25, -0.2) is 0 Å². The molecule has 1 aliphatic carbocycles.